The molecule has 1 N–H and O–H groups in total. The lowest BCUT2D eigenvalue weighted by atomic mass is 10.2. The van der Waals surface area contributed by atoms with E-state index in [9.17, 15) is 4.79 Å². The molecule has 0 bridgehead atoms. The Bertz CT molecular complexity index is 1800. The third-order valence-corrected chi connectivity index (χ3v) is 7.11. The Balaban J connectivity index is 1.01. The lowest BCUT2D eigenvalue weighted by Gasteiger charge is -2.13. The van der Waals surface area contributed by atoms with Crippen molar-refractivity contribution < 1.29 is 32.9 Å². The van der Waals surface area contributed by atoms with Gasteiger partial charge in [-0.25, -0.2) is 5.43 Å². The summed E-state index contributed by atoms with van der Waals surface area (Å²) in [5.74, 6) is 3.44. The van der Waals surface area contributed by atoms with Gasteiger partial charge in [0, 0.05) is 17.1 Å². The summed E-state index contributed by atoms with van der Waals surface area (Å²) < 4.78 is 36.3. The Morgan fingerprint density at radius 2 is 1.64 bits per heavy atom. The number of benzene rings is 3. The minimum atomic E-state index is -0.479. The number of hydrazone groups is 1. The Morgan fingerprint density at radius 3 is 2.44 bits per heavy atom. The Labute approximate surface area is 260 Å². The second-order valence-electron chi connectivity index (χ2n) is 10.3. The molecule has 3 aromatic carbocycles. The molecule has 1 aliphatic rings. The van der Waals surface area contributed by atoms with Gasteiger partial charge >= 0.3 is 5.91 Å². The van der Waals surface area contributed by atoms with Crippen LogP contribution in [0.3, 0.4) is 0 Å². The number of hydrogen-bond acceptors (Lipinski definition) is 8. The molecule has 0 saturated carbocycles. The molecule has 0 fully saturated rings. The Hall–Kier alpha value is -5.64. The number of hydrogen-bond donors (Lipinski definition) is 1. The summed E-state index contributed by atoms with van der Waals surface area (Å²) in [5, 5.41) is 4.08. The Kier molecular flexibility index (Phi) is 8.72. The fourth-order valence-corrected chi connectivity index (χ4v) is 4.90. The van der Waals surface area contributed by atoms with Gasteiger partial charge in [-0.1, -0.05) is 6.07 Å². The van der Waals surface area contributed by atoms with E-state index in [4.69, 9.17) is 28.1 Å². The van der Waals surface area contributed by atoms with E-state index in [-0.39, 0.29) is 19.2 Å². The number of ether oxygens (including phenoxy) is 5. The van der Waals surface area contributed by atoms with Crippen molar-refractivity contribution in [2.75, 3.05) is 13.4 Å². The van der Waals surface area contributed by atoms with Crippen LogP contribution in [-0.4, -0.2) is 30.1 Å². The molecule has 45 heavy (non-hydrogen) atoms. The SMILES string of the molecule is CCOc1cc(/C=N/NC(=O)c2ccc(COc3ccc(-n4c(C)ccc4C)cc3)o2)ccc1OCc1ccc2c(c1)OCO2. The summed E-state index contributed by atoms with van der Waals surface area (Å²) >= 11 is 0. The topological polar surface area (TPSA) is 106 Å². The van der Waals surface area contributed by atoms with Crippen LogP contribution in [0, 0.1) is 13.8 Å². The van der Waals surface area contributed by atoms with E-state index in [1.807, 2.05) is 55.5 Å². The van der Waals surface area contributed by atoms with Gasteiger partial charge < -0.3 is 32.7 Å². The highest BCUT2D eigenvalue weighted by atomic mass is 16.7. The predicted octanol–water partition coefficient (Wildman–Crippen LogP) is 6.74. The molecule has 6 rings (SSSR count). The zero-order chi connectivity index (χ0) is 31.2. The normalized spacial score (nSPS) is 12.0. The molecule has 1 amide bonds. The molecule has 1 aliphatic heterocycles. The van der Waals surface area contributed by atoms with Crippen LogP contribution in [0.2, 0.25) is 0 Å². The first-order valence-electron chi connectivity index (χ1n) is 14.6. The molecular formula is C35H33N3O7. The van der Waals surface area contributed by atoms with Crippen LogP contribution >= 0.6 is 0 Å². The van der Waals surface area contributed by atoms with Crippen LogP contribution in [0.5, 0.6) is 28.7 Å². The van der Waals surface area contributed by atoms with Gasteiger partial charge in [0.2, 0.25) is 6.79 Å². The monoisotopic (exact) mass is 607 g/mol. The zero-order valence-electron chi connectivity index (χ0n) is 25.2. The molecule has 230 valence electrons. The van der Waals surface area contributed by atoms with E-state index in [1.165, 1.54) is 17.6 Å². The summed E-state index contributed by atoms with van der Waals surface area (Å²) in [6.07, 6.45) is 1.52. The van der Waals surface area contributed by atoms with Crippen LogP contribution in [0.25, 0.3) is 5.69 Å². The Morgan fingerprint density at radius 1 is 0.844 bits per heavy atom. The number of rotatable bonds is 12. The fourth-order valence-electron chi connectivity index (χ4n) is 4.90. The molecule has 0 saturated heterocycles. The van der Waals surface area contributed by atoms with Crippen LogP contribution in [0.4, 0.5) is 0 Å². The van der Waals surface area contributed by atoms with Gasteiger partial charge in [-0.05, 0) is 111 Å². The first-order chi connectivity index (χ1) is 22.0. The van der Waals surface area contributed by atoms with Crippen molar-refractivity contribution in [1.29, 1.82) is 0 Å². The first kappa shape index (κ1) is 29.4. The van der Waals surface area contributed by atoms with Crippen molar-refractivity contribution in [3.05, 3.63) is 119 Å². The third kappa shape index (κ3) is 6.96. The van der Waals surface area contributed by atoms with E-state index < -0.39 is 5.91 Å². The standard InChI is InChI=1S/C35H33N3O7/c1-4-40-33-17-25(7-14-30(33)42-20-26-8-15-31-34(18-26)44-22-43-31)19-36-37-35(39)32-16-13-29(45-32)21-41-28-11-9-27(10-12-28)38-23(2)5-6-24(38)3/h5-19H,4,20-22H2,1-3H3,(H,37,39)/b36-19+. The van der Waals surface area contributed by atoms with Gasteiger partial charge in [0.15, 0.2) is 28.8 Å². The lowest BCUT2D eigenvalue weighted by Crippen LogP contribution is -2.16. The quantitative estimate of drug-likeness (QED) is 0.124. The maximum atomic E-state index is 12.6. The number of amides is 1. The van der Waals surface area contributed by atoms with Crippen LogP contribution in [-0.2, 0) is 13.2 Å². The summed E-state index contributed by atoms with van der Waals surface area (Å²) in [6, 6.07) is 26.4. The number of furan rings is 1. The highest BCUT2D eigenvalue weighted by molar-refractivity contribution is 5.92. The van der Waals surface area contributed by atoms with Crippen molar-refractivity contribution in [1.82, 2.24) is 9.99 Å². The predicted molar refractivity (Wildman–Crippen MR) is 168 cm³/mol. The van der Waals surface area contributed by atoms with Gasteiger partial charge in [-0.15, -0.1) is 0 Å². The van der Waals surface area contributed by atoms with Gasteiger partial charge in [-0.2, -0.15) is 5.10 Å². The molecule has 5 aromatic rings. The van der Waals surface area contributed by atoms with Crippen molar-refractivity contribution >= 4 is 12.1 Å². The van der Waals surface area contributed by atoms with E-state index in [0.29, 0.717) is 42.0 Å². The van der Waals surface area contributed by atoms with E-state index in [0.717, 1.165) is 22.6 Å². The second kappa shape index (κ2) is 13.3. The fraction of sp³-hybridized carbons (Fsp3) is 0.200. The molecule has 10 nitrogen and oxygen atoms in total. The van der Waals surface area contributed by atoms with E-state index in [1.54, 1.807) is 24.3 Å². The maximum absolute atomic E-state index is 12.6. The molecule has 10 heteroatoms. The van der Waals surface area contributed by atoms with Crippen molar-refractivity contribution in [3.8, 4) is 34.4 Å². The van der Waals surface area contributed by atoms with Gasteiger partial charge in [-0.3, -0.25) is 4.79 Å². The molecule has 0 radical (unpaired) electrons. The summed E-state index contributed by atoms with van der Waals surface area (Å²) in [5.41, 5.74) is 7.55. The maximum Gasteiger partial charge on any atom is 0.307 e. The number of nitrogens with zero attached hydrogens (tertiary/aromatic N) is 2. The molecule has 2 aromatic heterocycles. The van der Waals surface area contributed by atoms with Gasteiger partial charge in [0.05, 0.1) is 12.8 Å². The number of nitrogens with one attached hydrogen (secondary N) is 1. The molecule has 0 unspecified atom stereocenters. The van der Waals surface area contributed by atoms with Crippen LogP contribution in [0.15, 0.2) is 94.4 Å². The minimum absolute atomic E-state index is 0.127. The van der Waals surface area contributed by atoms with Crippen molar-refractivity contribution in [3.63, 3.8) is 0 Å². The number of carbonyl (C=O) groups excluding carboxylic acids is 1. The second-order valence-corrected chi connectivity index (χ2v) is 10.3. The van der Waals surface area contributed by atoms with E-state index >= 15 is 0 Å². The molecule has 0 spiro atoms. The lowest BCUT2D eigenvalue weighted by molar-refractivity contribution is 0.0923. The number of fused-ring (bicyclic) bond motifs is 1. The molecule has 0 atom stereocenters. The first-order valence-corrected chi connectivity index (χ1v) is 14.6. The third-order valence-electron chi connectivity index (χ3n) is 7.11. The summed E-state index contributed by atoms with van der Waals surface area (Å²) in [7, 11) is 0. The van der Waals surface area contributed by atoms with Crippen LogP contribution < -0.4 is 29.1 Å². The molecule has 0 aliphatic carbocycles. The van der Waals surface area contributed by atoms with Gasteiger partial charge in [0.25, 0.3) is 0 Å². The molecule has 3 heterocycles. The van der Waals surface area contributed by atoms with Crippen LogP contribution in [0.1, 0.15) is 45.8 Å². The number of carbonyl (C=O) groups is 1. The largest absolute Gasteiger partial charge is 0.490 e. The number of aromatic nitrogens is 1. The highest BCUT2D eigenvalue weighted by Gasteiger charge is 2.15. The average Bonchev–Trinajstić information content (AvgIpc) is 3.80. The summed E-state index contributed by atoms with van der Waals surface area (Å²) in [4.78, 5) is 12.6. The number of aryl methyl sites for hydroxylation is 2. The average molecular weight is 608 g/mol. The summed E-state index contributed by atoms with van der Waals surface area (Å²) in [6.45, 7) is 7.24. The smallest absolute Gasteiger partial charge is 0.307 e. The minimum Gasteiger partial charge on any atom is -0.490 e. The molecular weight excluding hydrogens is 574 g/mol. The highest BCUT2D eigenvalue weighted by Crippen LogP contribution is 2.34. The van der Waals surface area contributed by atoms with Gasteiger partial charge in [0.1, 0.15) is 24.7 Å². The van der Waals surface area contributed by atoms with Crippen molar-refractivity contribution in [2.45, 2.75) is 34.0 Å². The zero-order valence-corrected chi connectivity index (χ0v) is 25.2. The van der Waals surface area contributed by atoms with E-state index in [2.05, 4.69) is 41.1 Å². The van der Waals surface area contributed by atoms with Crippen molar-refractivity contribution in [2.24, 2.45) is 5.10 Å².